The number of nitrogens with one attached hydrogen (secondary N) is 2. The number of rotatable bonds is 5. The highest BCUT2D eigenvalue weighted by molar-refractivity contribution is 6.31. The molecule has 1 aliphatic heterocycles. The van der Waals surface area contributed by atoms with E-state index >= 15 is 0 Å². The lowest BCUT2D eigenvalue weighted by Crippen LogP contribution is -2.50. The molecule has 0 aliphatic carbocycles. The van der Waals surface area contributed by atoms with Gasteiger partial charge in [0.1, 0.15) is 0 Å². The van der Waals surface area contributed by atoms with Crippen molar-refractivity contribution in [3.8, 4) is 0 Å². The van der Waals surface area contributed by atoms with E-state index in [-0.39, 0.29) is 23.3 Å². The third-order valence-corrected chi connectivity index (χ3v) is 5.73. The number of anilines is 1. The van der Waals surface area contributed by atoms with Gasteiger partial charge in [0.25, 0.3) is 0 Å². The lowest BCUT2D eigenvalue weighted by atomic mass is 9.84. The molecule has 1 fully saturated rings. The second kappa shape index (κ2) is 9.31. The van der Waals surface area contributed by atoms with Crippen LogP contribution in [0.15, 0.2) is 54.6 Å². The fourth-order valence-corrected chi connectivity index (χ4v) is 4.05. The van der Waals surface area contributed by atoms with Gasteiger partial charge >= 0.3 is 6.03 Å². The molecule has 0 radical (unpaired) electrons. The van der Waals surface area contributed by atoms with Crippen molar-refractivity contribution in [2.45, 2.75) is 32.1 Å². The number of hydrogen-bond acceptors (Lipinski definition) is 2. The minimum Gasteiger partial charge on any atom is -0.337 e. The van der Waals surface area contributed by atoms with E-state index in [0.717, 1.165) is 24.1 Å². The fourth-order valence-electron chi connectivity index (χ4n) is 3.66. The normalized spacial score (nSPS) is 16.9. The van der Waals surface area contributed by atoms with Gasteiger partial charge in [0.15, 0.2) is 0 Å². The Hall–Kier alpha value is -2.53. The molecule has 1 aliphatic rings. The second-order valence-electron chi connectivity index (χ2n) is 8.16. The molecule has 5 nitrogen and oxygen atoms in total. The van der Waals surface area contributed by atoms with Gasteiger partial charge in [-0.2, -0.15) is 0 Å². The lowest BCUT2D eigenvalue weighted by molar-refractivity contribution is -0.121. The predicted molar refractivity (Wildman–Crippen MR) is 117 cm³/mol. The van der Waals surface area contributed by atoms with Crippen LogP contribution >= 0.6 is 11.6 Å². The number of piperidine rings is 1. The summed E-state index contributed by atoms with van der Waals surface area (Å²) >= 11 is 6.33. The summed E-state index contributed by atoms with van der Waals surface area (Å²) in [4.78, 5) is 27.1. The summed E-state index contributed by atoms with van der Waals surface area (Å²) in [5, 5.41) is 6.66. The Morgan fingerprint density at radius 2 is 1.79 bits per heavy atom. The zero-order valence-corrected chi connectivity index (χ0v) is 17.7. The molecule has 2 aromatic carbocycles. The van der Waals surface area contributed by atoms with Crippen LogP contribution in [0.3, 0.4) is 0 Å². The molecule has 29 heavy (non-hydrogen) atoms. The van der Waals surface area contributed by atoms with E-state index in [1.54, 1.807) is 4.90 Å². The summed E-state index contributed by atoms with van der Waals surface area (Å²) in [6, 6.07) is 17.0. The first-order chi connectivity index (χ1) is 13.9. The summed E-state index contributed by atoms with van der Waals surface area (Å²) in [5.41, 5.74) is 1.48. The number of halogens is 1. The molecule has 1 saturated heterocycles. The number of hydrogen-bond donors (Lipinski definition) is 2. The van der Waals surface area contributed by atoms with Gasteiger partial charge in [0.05, 0.1) is 5.92 Å². The van der Waals surface area contributed by atoms with Crippen LogP contribution in [0.2, 0.25) is 5.02 Å². The molecule has 2 N–H and O–H groups in total. The topological polar surface area (TPSA) is 61.4 Å². The van der Waals surface area contributed by atoms with E-state index in [4.69, 9.17) is 11.6 Å². The second-order valence-corrected chi connectivity index (χ2v) is 8.57. The third kappa shape index (κ3) is 5.51. The number of benzene rings is 2. The molecule has 1 heterocycles. The number of carbonyl (C=O) groups is 2. The Labute approximate surface area is 177 Å². The summed E-state index contributed by atoms with van der Waals surface area (Å²) in [5.74, 6) is -0.239. The van der Waals surface area contributed by atoms with Gasteiger partial charge in [-0.15, -0.1) is 0 Å². The van der Waals surface area contributed by atoms with Crippen LogP contribution in [-0.2, 0) is 10.2 Å². The SMILES string of the molecule is CC(C)(CNC(=O)N1CCCC(C(=O)Nc2ccccc2)C1)c1ccccc1Cl. The van der Waals surface area contributed by atoms with Crippen LogP contribution < -0.4 is 10.6 Å². The van der Waals surface area contributed by atoms with Crippen molar-refractivity contribution in [1.29, 1.82) is 0 Å². The Morgan fingerprint density at radius 3 is 2.52 bits per heavy atom. The molecule has 154 valence electrons. The van der Waals surface area contributed by atoms with Crippen molar-refractivity contribution in [3.63, 3.8) is 0 Å². The quantitative estimate of drug-likeness (QED) is 0.747. The minimum atomic E-state index is -0.298. The minimum absolute atomic E-state index is 0.0369. The molecule has 1 unspecified atom stereocenters. The van der Waals surface area contributed by atoms with E-state index in [2.05, 4.69) is 24.5 Å². The summed E-state index contributed by atoms with van der Waals surface area (Å²) in [6.07, 6.45) is 1.60. The van der Waals surface area contributed by atoms with Crippen LogP contribution in [0.4, 0.5) is 10.5 Å². The van der Waals surface area contributed by atoms with Gasteiger partial charge in [0, 0.05) is 35.8 Å². The van der Waals surface area contributed by atoms with Gasteiger partial charge in [0.2, 0.25) is 5.91 Å². The highest BCUT2D eigenvalue weighted by Crippen LogP contribution is 2.29. The Balaban J connectivity index is 1.55. The number of likely N-dealkylation sites (tertiary alicyclic amines) is 1. The number of nitrogens with zero attached hydrogens (tertiary/aromatic N) is 1. The average molecular weight is 414 g/mol. The molecule has 6 heteroatoms. The van der Waals surface area contributed by atoms with Crippen molar-refractivity contribution < 1.29 is 9.59 Å². The van der Waals surface area contributed by atoms with E-state index in [9.17, 15) is 9.59 Å². The van der Waals surface area contributed by atoms with E-state index < -0.39 is 0 Å². The van der Waals surface area contributed by atoms with Crippen molar-refractivity contribution in [2.24, 2.45) is 5.92 Å². The van der Waals surface area contributed by atoms with Crippen LogP contribution in [0.5, 0.6) is 0 Å². The summed E-state index contributed by atoms with van der Waals surface area (Å²) < 4.78 is 0. The first-order valence-electron chi connectivity index (χ1n) is 10.0. The highest BCUT2D eigenvalue weighted by atomic mass is 35.5. The van der Waals surface area contributed by atoms with Crippen LogP contribution in [0.25, 0.3) is 0 Å². The highest BCUT2D eigenvalue weighted by Gasteiger charge is 2.30. The van der Waals surface area contributed by atoms with Gasteiger partial charge in [-0.1, -0.05) is 61.8 Å². The predicted octanol–water partition coefficient (Wildman–Crippen LogP) is 4.68. The molecule has 0 spiro atoms. The monoisotopic (exact) mass is 413 g/mol. The molecule has 0 bridgehead atoms. The van der Waals surface area contributed by atoms with Gasteiger partial charge in [-0.05, 0) is 36.6 Å². The van der Waals surface area contributed by atoms with Crippen LogP contribution in [0.1, 0.15) is 32.3 Å². The zero-order chi connectivity index (χ0) is 20.9. The molecule has 0 aromatic heterocycles. The van der Waals surface area contributed by atoms with E-state index in [1.807, 2.05) is 54.6 Å². The molecule has 2 aromatic rings. The van der Waals surface area contributed by atoms with Crippen molar-refractivity contribution in [1.82, 2.24) is 10.2 Å². The fraction of sp³-hybridized carbons (Fsp3) is 0.391. The molecule has 0 saturated carbocycles. The van der Waals surface area contributed by atoms with Gasteiger partial charge in [-0.3, -0.25) is 4.79 Å². The number of amides is 3. The zero-order valence-electron chi connectivity index (χ0n) is 17.0. The Kier molecular flexibility index (Phi) is 6.80. The van der Waals surface area contributed by atoms with Gasteiger partial charge in [-0.25, -0.2) is 4.79 Å². The van der Waals surface area contributed by atoms with Crippen molar-refractivity contribution in [2.75, 3.05) is 25.0 Å². The average Bonchev–Trinajstić information content (AvgIpc) is 2.73. The maximum Gasteiger partial charge on any atom is 0.317 e. The molecular formula is C23H28ClN3O2. The lowest BCUT2D eigenvalue weighted by Gasteiger charge is -2.34. The molecule has 1 atom stereocenters. The molecular weight excluding hydrogens is 386 g/mol. The Bertz CT molecular complexity index is 854. The smallest absolute Gasteiger partial charge is 0.317 e. The van der Waals surface area contributed by atoms with Crippen LogP contribution in [0, 0.1) is 5.92 Å². The largest absolute Gasteiger partial charge is 0.337 e. The summed E-state index contributed by atoms with van der Waals surface area (Å²) in [7, 11) is 0. The Morgan fingerprint density at radius 1 is 1.10 bits per heavy atom. The van der Waals surface area contributed by atoms with Crippen LogP contribution in [-0.4, -0.2) is 36.5 Å². The number of para-hydroxylation sites is 1. The van der Waals surface area contributed by atoms with Crippen molar-refractivity contribution >= 4 is 29.2 Å². The van der Waals surface area contributed by atoms with E-state index in [0.29, 0.717) is 24.7 Å². The summed E-state index contributed by atoms with van der Waals surface area (Å²) in [6.45, 7) is 5.67. The molecule has 3 rings (SSSR count). The maximum atomic E-state index is 12.7. The van der Waals surface area contributed by atoms with Gasteiger partial charge < -0.3 is 15.5 Å². The number of carbonyl (C=O) groups excluding carboxylic acids is 2. The van der Waals surface area contributed by atoms with Crippen molar-refractivity contribution in [3.05, 3.63) is 65.2 Å². The third-order valence-electron chi connectivity index (χ3n) is 5.41. The first kappa shape index (κ1) is 21.2. The number of urea groups is 1. The maximum absolute atomic E-state index is 12.7. The van der Waals surface area contributed by atoms with E-state index in [1.165, 1.54) is 0 Å². The standard InChI is InChI=1S/C23H28ClN3O2/c1-23(2,19-12-6-7-13-20(19)24)16-25-22(29)27-14-8-9-17(15-27)21(28)26-18-10-4-3-5-11-18/h3-7,10-13,17H,8-9,14-16H2,1-2H3,(H,25,29)(H,26,28). The first-order valence-corrected chi connectivity index (χ1v) is 10.4. The molecule has 3 amide bonds.